The maximum Gasteiger partial charge on any atom is 0.338 e. The molecule has 0 aromatic heterocycles. The van der Waals surface area contributed by atoms with Crippen molar-refractivity contribution >= 4 is 28.8 Å². The van der Waals surface area contributed by atoms with Gasteiger partial charge in [-0.2, -0.15) is 0 Å². The minimum Gasteiger partial charge on any atom is -0.497 e. The molecule has 2 fully saturated rings. The summed E-state index contributed by atoms with van der Waals surface area (Å²) in [5.41, 5.74) is 2.97. The number of methoxy groups -OCH3 is 2. The predicted octanol–water partition coefficient (Wildman–Crippen LogP) is 4.31. The van der Waals surface area contributed by atoms with E-state index < -0.39 is 12.0 Å². The zero-order chi connectivity index (χ0) is 25.9. The molecule has 0 spiro atoms. The molecule has 1 amide bonds. The fraction of sp³-hybridized carbons (Fsp3) is 0.536. The van der Waals surface area contributed by atoms with Crippen LogP contribution in [-0.2, 0) is 14.3 Å². The number of piperazine rings is 1. The molecule has 0 N–H and O–H groups in total. The Hall–Kier alpha value is -2.78. The van der Waals surface area contributed by atoms with Crippen LogP contribution in [0.1, 0.15) is 57.1 Å². The van der Waals surface area contributed by atoms with Crippen LogP contribution in [0.3, 0.4) is 0 Å². The van der Waals surface area contributed by atoms with Gasteiger partial charge in [-0.25, -0.2) is 9.79 Å². The molecule has 1 aliphatic carbocycles. The zero-order valence-electron chi connectivity index (χ0n) is 21.9. The molecule has 1 saturated carbocycles. The number of hydrogen-bond acceptors (Lipinski definition) is 8. The first-order valence-electron chi connectivity index (χ1n) is 13.2. The summed E-state index contributed by atoms with van der Waals surface area (Å²) >= 11 is 1.51. The number of esters is 1. The van der Waals surface area contributed by atoms with Crippen molar-refractivity contribution in [3.63, 3.8) is 0 Å². The van der Waals surface area contributed by atoms with Crippen molar-refractivity contribution in [3.05, 3.63) is 52.2 Å². The first kappa shape index (κ1) is 25.9. The van der Waals surface area contributed by atoms with Crippen LogP contribution in [0.15, 0.2) is 51.6 Å². The zero-order valence-corrected chi connectivity index (χ0v) is 22.8. The summed E-state index contributed by atoms with van der Waals surface area (Å²) in [6, 6.07) is 7.97. The van der Waals surface area contributed by atoms with E-state index in [1.807, 2.05) is 46.4 Å². The van der Waals surface area contributed by atoms with Crippen molar-refractivity contribution < 1.29 is 19.1 Å². The Morgan fingerprint density at radius 2 is 1.86 bits per heavy atom. The van der Waals surface area contributed by atoms with Crippen molar-refractivity contribution in [3.8, 4) is 5.75 Å². The Bertz CT molecular complexity index is 1130. The predicted molar refractivity (Wildman–Crippen MR) is 145 cm³/mol. The lowest BCUT2D eigenvalue weighted by molar-refractivity contribution is -0.136. The highest BCUT2D eigenvalue weighted by Gasteiger charge is 2.42. The molecule has 8 nitrogen and oxygen atoms in total. The standard InChI is InChI=1S/C28H36N4O4S/c1-4-23-25(27(34)36-3)26(19-8-7-11-22(16-19)35-2)32-21(18-37-28(32)29-23)17-24(33)31-14-12-30(13-15-31)20-9-5-6-10-20/h7-8,11,16,18,20,26H,4-6,9-10,12-15,17H2,1-3H3. The van der Waals surface area contributed by atoms with E-state index in [0.29, 0.717) is 29.5 Å². The van der Waals surface area contributed by atoms with Gasteiger partial charge in [-0.15, -0.1) is 0 Å². The van der Waals surface area contributed by atoms with Crippen LogP contribution in [0.5, 0.6) is 5.75 Å². The number of ether oxygens (including phenoxy) is 2. The molecule has 1 saturated heterocycles. The van der Waals surface area contributed by atoms with Gasteiger partial charge in [0.1, 0.15) is 5.75 Å². The van der Waals surface area contributed by atoms with Gasteiger partial charge in [-0.1, -0.05) is 43.7 Å². The molecule has 1 aromatic carbocycles. The Balaban J connectivity index is 1.38. The number of rotatable bonds is 7. The molecule has 1 atom stereocenters. The molecule has 0 bridgehead atoms. The summed E-state index contributed by atoms with van der Waals surface area (Å²) in [6.07, 6.45) is 6.10. The molecule has 1 unspecified atom stereocenters. The number of benzene rings is 1. The summed E-state index contributed by atoms with van der Waals surface area (Å²) in [5, 5.41) is 2.79. The van der Waals surface area contributed by atoms with Crippen molar-refractivity contribution in [2.45, 2.75) is 57.5 Å². The fourth-order valence-electron chi connectivity index (χ4n) is 5.91. The average Bonchev–Trinajstić information content (AvgIpc) is 3.62. The average molecular weight is 525 g/mol. The molecule has 4 aliphatic rings. The quantitative estimate of drug-likeness (QED) is 0.492. The maximum absolute atomic E-state index is 13.5. The number of fused-ring (bicyclic) bond motifs is 1. The Morgan fingerprint density at radius 1 is 1.11 bits per heavy atom. The second kappa shape index (κ2) is 11.3. The van der Waals surface area contributed by atoms with Gasteiger partial charge in [0.25, 0.3) is 0 Å². The van der Waals surface area contributed by atoms with Gasteiger partial charge in [0.05, 0.1) is 38.0 Å². The van der Waals surface area contributed by atoms with Crippen molar-refractivity contribution in [1.29, 1.82) is 0 Å². The number of nitrogens with zero attached hydrogens (tertiary/aromatic N) is 4. The van der Waals surface area contributed by atoms with E-state index >= 15 is 0 Å². The molecule has 1 aromatic rings. The summed E-state index contributed by atoms with van der Waals surface area (Å²) < 4.78 is 10.7. The van der Waals surface area contributed by atoms with Gasteiger partial charge in [0, 0.05) is 37.9 Å². The molecule has 5 rings (SSSR count). The Morgan fingerprint density at radius 3 is 2.54 bits per heavy atom. The van der Waals surface area contributed by atoms with Crippen LogP contribution in [0.4, 0.5) is 0 Å². The number of hydrogen-bond donors (Lipinski definition) is 0. The first-order chi connectivity index (χ1) is 18.0. The third kappa shape index (κ3) is 5.16. The second-order valence-electron chi connectivity index (χ2n) is 9.91. The summed E-state index contributed by atoms with van der Waals surface area (Å²) in [7, 11) is 3.03. The number of carbonyl (C=O) groups is 2. The minimum absolute atomic E-state index is 0.119. The second-order valence-corrected chi connectivity index (χ2v) is 10.7. The number of allylic oxidation sites excluding steroid dienone is 1. The maximum atomic E-state index is 13.5. The largest absolute Gasteiger partial charge is 0.497 e. The summed E-state index contributed by atoms with van der Waals surface area (Å²) in [6.45, 7) is 5.42. The monoisotopic (exact) mass is 524 g/mol. The lowest BCUT2D eigenvalue weighted by atomic mass is 9.92. The SMILES string of the molecule is CCC1=C(C(=O)OC)C(c2cccc(OC)c2)N2C(CC(=O)N3CCN(C4CCCC4)CC3)=CSC2=N1. The van der Waals surface area contributed by atoms with Gasteiger partial charge < -0.3 is 19.3 Å². The summed E-state index contributed by atoms with van der Waals surface area (Å²) in [5.74, 6) is 0.420. The minimum atomic E-state index is -0.446. The van der Waals surface area contributed by atoms with Gasteiger partial charge in [0.15, 0.2) is 5.17 Å². The van der Waals surface area contributed by atoms with E-state index in [2.05, 4.69) is 4.90 Å². The number of aliphatic imine (C=N–C) groups is 1. The van der Waals surface area contributed by atoms with Gasteiger partial charge in [0.2, 0.25) is 5.91 Å². The van der Waals surface area contributed by atoms with Gasteiger partial charge >= 0.3 is 5.97 Å². The number of amidine groups is 1. The van der Waals surface area contributed by atoms with Crippen LogP contribution in [0.2, 0.25) is 0 Å². The highest BCUT2D eigenvalue weighted by molar-refractivity contribution is 8.16. The van der Waals surface area contributed by atoms with Gasteiger partial charge in [-0.3, -0.25) is 9.69 Å². The molecular formula is C28H36N4O4S. The summed E-state index contributed by atoms with van der Waals surface area (Å²) in [4.78, 5) is 37.9. The van der Waals surface area contributed by atoms with Crippen LogP contribution in [0.25, 0.3) is 0 Å². The third-order valence-electron chi connectivity index (χ3n) is 7.88. The van der Waals surface area contributed by atoms with E-state index in [4.69, 9.17) is 14.5 Å². The third-order valence-corrected chi connectivity index (χ3v) is 8.77. The van der Waals surface area contributed by atoms with Crippen molar-refractivity contribution in [2.24, 2.45) is 4.99 Å². The van der Waals surface area contributed by atoms with E-state index in [9.17, 15) is 9.59 Å². The number of carbonyl (C=O) groups excluding carboxylic acids is 2. The normalized spacial score (nSPS) is 22.6. The van der Waals surface area contributed by atoms with Gasteiger partial charge in [-0.05, 0) is 42.4 Å². The van der Waals surface area contributed by atoms with Crippen LogP contribution in [-0.4, -0.2) is 78.2 Å². The fourth-order valence-corrected chi connectivity index (χ4v) is 6.85. The number of amides is 1. The van der Waals surface area contributed by atoms with E-state index in [0.717, 1.165) is 42.6 Å². The molecule has 9 heteroatoms. The number of thioether (sulfide) groups is 1. The molecule has 3 aliphatic heterocycles. The molecule has 3 heterocycles. The smallest absolute Gasteiger partial charge is 0.338 e. The van der Waals surface area contributed by atoms with Crippen LogP contribution >= 0.6 is 11.8 Å². The molecule has 198 valence electrons. The van der Waals surface area contributed by atoms with E-state index in [-0.39, 0.29) is 12.3 Å². The van der Waals surface area contributed by atoms with Crippen molar-refractivity contribution in [2.75, 3.05) is 40.4 Å². The van der Waals surface area contributed by atoms with Crippen LogP contribution in [0, 0.1) is 0 Å². The Kier molecular flexibility index (Phi) is 7.90. The highest BCUT2D eigenvalue weighted by atomic mass is 32.2. The molecule has 0 radical (unpaired) electrons. The molecule has 37 heavy (non-hydrogen) atoms. The van der Waals surface area contributed by atoms with Crippen LogP contribution < -0.4 is 4.74 Å². The van der Waals surface area contributed by atoms with E-state index in [1.54, 1.807) is 7.11 Å². The first-order valence-corrected chi connectivity index (χ1v) is 14.1. The topological polar surface area (TPSA) is 74.7 Å². The highest BCUT2D eigenvalue weighted by Crippen LogP contribution is 2.46. The lowest BCUT2D eigenvalue weighted by Gasteiger charge is -2.39. The lowest BCUT2D eigenvalue weighted by Crippen LogP contribution is -2.51. The van der Waals surface area contributed by atoms with E-state index in [1.165, 1.54) is 44.6 Å². The molecular weight excluding hydrogens is 488 g/mol. The Labute approximate surface area is 223 Å². The van der Waals surface area contributed by atoms with Crippen molar-refractivity contribution in [1.82, 2.24) is 14.7 Å².